The Morgan fingerprint density at radius 3 is 2.29 bits per heavy atom. The molecule has 3 heteroatoms. The first-order valence-electron chi connectivity index (χ1n) is 5.64. The first-order valence-corrected chi connectivity index (χ1v) is 5.64. The van der Waals surface area contributed by atoms with Crippen molar-refractivity contribution >= 4 is 0 Å². The van der Waals surface area contributed by atoms with Crippen LogP contribution in [-0.2, 0) is 0 Å². The maximum Gasteiger partial charge on any atom is 0.0220 e. The van der Waals surface area contributed by atoms with E-state index < -0.39 is 0 Å². The van der Waals surface area contributed by atoms with Crippen LogP contribution >= 0.6 is 0 Å². The summed E-state index contributed by atoms with van der Waals surface area (Å²) < 4.78 is 0. The van der Waals surface area contributed by atoms with Gasteiger partial charge in [0.25, 0.3) is 0 Å². The zero-order valence-electron chi connectivity index (χ0n) is 10.1. The van der Waals surface area contributed by atoms with E-state index in [0.717, 1.165) is 19.0 Å². The highest BCUT2D eigenvalue weighted by Crippen LogP contribution is 2.32. The molecule has 0 aliphatic heterocycles. The molecule has 84 valence electrons. The Kier molecular flexibility index (Phi) is 4.85. The van der Waals surface area contributed by atoms with Crippen molar-refractivity contribution in [3.63, 3.8) is 0 Å². The van der Waals surface area contributed by atoms with E-state index in [2.05, 4.69) is 43.3 Å². The Balaban J connectivity index is 2.13. The van der Waals surface area contributed by atoms with Gasteiger partial charge < -0.3 is 15.1 Å². The second-order valence-corrected chi connectivity index (χ2v) is 4.80. The van der Waals surface area contributed by atoms with Gasteiger partial charge >= 0.3 is 0 Å². The van der Waals surface area contributed by atoms with Crippen molar-refractivity contribution in [3.05, 3.63) is 0 Å². The SMILES string of the molecule is CNC(CN(C)CCN(C)C)C1CC1. The molecule has 0 amide bonds. The van der Waals surface area contributed by atoms with E-state index in [1.165, 1.54) is 19.4 Å². The highest BCUT2D eigenvalue weighted by molar-refractivity contribution is 4.87. The van der Waals surface area contributed by atoms with Gasteiger partial charge in [0.15, 0.2) is 0 Å². The molecule has 1 aliphatic carbocycles. The van der Waals surface area contributed by atoms with Gasteiger partial charge in [-0.1, -0.05) is 0 Å². The number of nitrogens with zero attached hydrogens (tertiary/aromatic N) is 2. The summed E-state index contributed by atoms with van der Waals surface area (Å²) in [6.07, 6.45) is 2.85. The fourth-order valence-corrected chi connectivity index (χ4v) is 1.77. The van der Waals surface area contributed by atoms with E-state index in [-0.39, 0.29) is 0 Å². The largest absolute Gasteiger partial charge is 0.315 e. The topological polar surface area (TPSA) is 18.5 Å². The molecule has 0 spiro atoms. The number of nitrogens with one attached hydrogen (secondary N) is 1. The van der Waals surface area contributed by atoms with E-state index in [1.54, 1.807) is 0 Å². The fourth-order valence-electron chi connectivity index (χ4n) is 1.77. The molecule has 1 atom stereocenters. The second kappa shape index (κ2) is 5.69. The van der Waals surface area contributed by atoms with Crippen molar-refractivity contribution in [2.24, 2.45) is 5.92 Å². The van der Waals surface area contributed by atoms with Crippen LogP contribution in [0.1, 0.15) is 12.8 Å². The molecule has 3 nitrogen and oxygen atoms in total. The minimum atomic E-state index is 0.710. The normalized spacial score (nSPS) is 19.3. The molecule has 1 rings (SSSR count). The second-order valence-electron chi connectivity index (χ2n) is 4.80. The van der Waals surface area contributed by atoms with E-state index in [9.17, 15) is 0 Å². The number of hydrogen-bond acceptors (Lipinski definition) is 3. The van der Waals surface area contributed by atoms with Gasteiger partial charge in [-0.3, -0.25) is 0 Å². The molecule has 1 fully saturated rings. The van der Waals surface area contributed by atoms with Crippen molar-refractivity contribution in [2.45, 2.75) is 18.9 Å². The zero-order valence-corrected chi connectivity index (χ0v) is 10.1. The molecule has 0 bridgehead atoms. The third kappa shape index (κ3) is 4.40. The Morgan fingerprint density at radius 2 is 1.86 bits per heavy atom. The van der Waals surface area contributed by atoms with Crippen molar-refractivity contribution in [1.82, 2.24) is 15.1 Å². The van der Waals surface area contributed by atoms with Crippen molar-refractivity contribution in [3.8, 4) is 0 Å². The van der Waals surface area contributed by atoms with E-state index in [4.69, 9.17) is 0 Å². The molecule has 1 aliphatic rings. The Bertz CT molecular complexity index is 155. The molecule has 1 unspecified atom stereocenters. The van der Waals surface area contributed by atoms with Gasteiger partial charge in [0, 0.05) is 25.7 Å². The van der Waals surface area contributed by atoms with Gasteiger partial charge in [-0.15, -0.1) is 0 Å². The van der Waals surface area contributed by atoms with Gasteiger partial charge in [0.05, 0.1) is 0 Å². The van der Waals surface area contributed by atoms with Crippen LogP contribution in [0.5, 0.6) is 0 Å². The lowest BCUT2D eigenvalue weighted by Gasteiger charge is -2.24. The minimum absolute atomic E-state index is 0.710. The molecular formula is C11H25N3. The molecule has 1 N–H and O–H groups in total. The van der Waals surface area contributed by atoms with Crippen molar-refractivity contribution in [2.75, 3.05) is 47.8 Å². The number of hydrogen-bond donors (Lipinski definition) is 1. The predicted octanol–water partition coefficient (Wildman–Crippen LogP) is 0.478. The lowest BCUT2D eigenvalue weighted by atomic mass is 10.2. The number of rotatable bonds is 7. The van der Waals surface area contributed by atoms with Gasteiger partial charge in [-0.2, -0.15) is 0 Å². The highest BCUT2D eigenvalue weighted by Gasteiger charge is 2.30. The van der Waals surface area contributed by atoms with Crippen molar-refractivity contribution < 1.29 is 0 Å². The van der Waals surface area contributed by atoms with Crippen LogP contribution in [0.25, 0.3) is 0 Å². The monoisotopic (exact) mass is 199 g/mol. The van der Waals surface area contributed by atoms with Crippen LogP contribution in [-0.4, -0.2) is 63.7 Å². The lowest BCUT2D eigenvalue weighted by Crippen LogP contribution is -2.41. The summed E-state index contributed by atoms with van der Waals surface area (Å²) >= 11 is 0. The first-order chi connectivity index (χ1) is 6.63. The molecule has 0 aromatic carbocycles. The summed E-state index contributed by atoms with van der Waals surface area (Å²) in [7, 11) is 8.56. The standard InChI is InChI=1S/C11H25N3/c1-12-11(10-5-6-10)9-14(4)8-7-13(2)3/h10-12H,5-9H2,1-4H3. The Morgan fingerprint density at radius 1 is 1.21 bits per heavy atom. The molecule has 14 heavy (non-hydrogen) atoms. The van der Waals surface area contributed by atoms with Gasteiger partial charge in [0.2, 0.25) is 0 Å². The van der Waals surface area contributed by atoms with Crippen LogP contribution in [0.15, 0.2) is 0 Å². The summed E-state index contributed by atoms with van der Waals surface area (Å²) in [5, 5.41) is 3.43. The maximum atomic E-state index is 3.43. The summed E-state index contributed by atoms with van der Waals surface area (Å²) in [4.78, 5) is 4.67. The highest BCUT2D eigenvalue weighted by atomic mass is 15.2. The maximum absolute atomic E-state index is 3.43. The summed E-state index contributed by atoms with van der Waals surface area (Å²) in [5.74, 6) is 0.946. The number of likely N-dealkylation sites (N-methyl/N-ethyl adjacent to an activating group) is 3. The van der Waals surface area contributed by atoms with Gasteiger partial charge in [0.1, 0.15) is 0 Å². The van der Waals surface area contributed by atoms with Crippen LogP contribution in [0.3, 0.4) is 0 Å². The molecule has 0 aromatic heterocycles. The van der Waals surface area contributed by atoms with Crippen LogP contribution in [0, 0.1) is 5.92 Å². The molecule has 0 heterocycles. The Labute approximate surface area is 88.5 Å². The fraction of sp³-hybridized carbons (Fsp3) is 1.00. The lowest BCUT2D eigenvalue weighted by molar-refractivity contribution is 0.250. The average Bonchev–Trinajstić information content (AvgIpc) is 2.94. The molecule has 0 saturated heterocycles. The van der Waals surface area contributed by atoms with Crippen molar-refractivity contribution in [1.29, 1.82) is 0 Å². The van der Waals surface area contributed by atoms with Crippen LogP contribution in [0.4, 0.5) is 0 Å². The molecule has 0 aromatic rings. The third-order valence-electron chi connectivity index (χ3n) is 3.00. The van der Waals surface area contributed by atoms with E-state index in [0.29, 0.717) is 6.04 Å². The third-order valence-corrected chi connectivity index (χ3v) is 3.00. The van der Waals surface area contributed by atoms with Gasteiger partial charge in [-0.25, -0.2) is 0 Å². The molecule has 1 saturated carbocycles. The average molecular weight is 199 g/mol. The molecular weight excluding hydrogens is 174 g/mol. The first kappa shape index (κ1) is 12.0. The van der Waals surface area contributed by atoms with E-state index >= 15 is 0 Å². The zero-order chi connectivity index (χ0) is 10.6. The summed E-state index contributed by atoms with van der Waals surface area (Å²) in [6.45, 7) is 3.50. The van der Waals surface area contributed by atoms with Gasteiger partial charge in [-0.05, 0) is 47.0 Å². The summed E-state index contributed by atoms with van der Waals surface area (Å²) in [5.41, 5.74) is 0. The van der Waals surface area contributed by atoms with E-state index in [1.807, 2.05) is 0 Å². The quantitative estimate of drug-likeness (QED) is 0.643. The van der Waals surface area contributed by atoms with Crippen LogP contribution in [0.2, 0.25) is 0 Å². The summed E-state index contributed by atoms with van der Waals surface area (Å²) in [6, 6.07) is 0.710. The Hall–Kier alpha value is -0.120. The minimum Gasteiger partial charge on any atom is -0.315 e. The van der Waals surface area contributed by atoms with Crippen LogP contribution < -0.4 is 5.32 Å². The molecule has 0 radical (unpaired) electrons. The smallest absolute Gasteiger partial charge is 0.0220 e. The predicted molar refractivity (Wildman–Crippen MR) is 61.6 cm³/mol.